The third-order valence-corrected chi connectivity index (χ3v) is 3.51. The van der Waals surface area contributed by atoms with Crippen LogP contribution in [0.5, 0.6) is 0 Å². The molecule has 0 aromatic rings. The van der Waals surface area contributed by atoms with Crippen molar-refractivity contribution >= 4 is 11.7 Å². The van der Waals surface area contributed by atoms with Crippen molar-refractivity contribution in [3.63, 3.8) is 0 Å². The first-order chi connectivity index (χ1) is 6.68. The number of hydrogen-bond acceptors (Lipinski definition) is 2. The number of amidine groups is 1. The highest BCUT2D eigenvalue weighted by molar-refractivity contribution is 6.09. The molecule has 1 spiro atoms. The van der Waals surface area contributed by atoms with Gasteiger partial charge in [-0.3, -0.25) is 9.79 Å². The molecule has 2 aliphatic rings. The van der Waals surface area contributed by atoms with Crippen molar-refractivity contribution in [3.8, 4) is 0 Å². The monoisotopic (exact) mass is 194 g/mol. The first-order valence-corrected chi connectivity index (χ1v) is 5.59. The molecule has 1 aliphatic heterocycles. The Kier molecular flexibility index (Phi) is 2.33. The summed E-state index contributed by atoms with van der Waals surface area (Å²) in [6.45, 7) is 4.24. The first kappa shape index (κ1) is 9.69. The Hall–Kier alpha value is -0.860. The normalized spacial score (nSPS) is 26.4. The minimum atomic E-state index is -0.362. The molecular formula is C11H18N2O. The van der Waals surface area contributed by atoms with Crippen LogP contribution in [-0.2, 0) is 4.79 Å². The minimum absolute atomic E-state index is 0.144. The number of aliphatic imine (C=N–C) groups is 1. The minimum Gasteiger partial charge on any atom is -0.312 e. The number of carbonyl (C=O) groups excluding carboxylic acids is 1. The number of nitrogens with one attached hydrogen (secondary N) is 1. The molecule has 3 heteroatoms. The van der Waals surface area contributed by atoms with Crippen molar-refractivity contribution < 1.29 is 4.79 Å². The zero-order chi connectivity index (χ0) is 10.2. The molecule has 78 valence electrons. The van der Waals surface area contributed by atoms with E-state index in [1.165, 1.54) is 0 Å². The fourth-order valence-corrected chi connectivity index (χ4v) is 2.27. The van der Waals surface area contributed by atoms with Crippen LogP contribution in [0.1, 0.15) is 46.0 Å². The topological polar surface area (TPSA) is 41.5 Å². The third kappa shape index (κ3) is 1.35. The smallest absolute Gasteiger partial charge is 0.253 e. The Labute approximate surface area is 85.0 Å². The predicted octanol–water partition coefficient (Wildman–Crippen LogP) is 1.87. The molecule has 0 aromatic heterocycles. The molecule has 14 heavy (non-hydrogen) atoms. The van der Waals surface area contributed by atoms with Gasteiger partial charge < -0.3 is 5.32 Å². The summed E-state index contributed by atoms with van der Waals surface area (Å²) in [6.07, 6.45) is 5.21. The Balaban J connectivity index is 2.20. The summed E-state index contributed by atoms with van der Waals surface area (Å²) in [7, 11) is 0. The number of rotatable bonds is 2. The Morgan fingerprint density at radius 2 is 2.14 bits per heavy atom. The summed E-state index contributed by atoms with van der Waals surface area (Å²) >= 11 is 0. The van der Waals surface area contributed by atoms with Crippen molar-refractivity contribution in [1.29, 1.82) is 0 Å². The molecule has 0 bridgehead atoms. The van der Waals surface area contributed by atoms with Crippen molar-refractivity contribution in [2.75, 3.05) is 0 Å². The van der Waals surface area contributed by atoms with Crippen molar-refractivity contribution in [2.24, 2.45) is 10.9 Å². The quantitative estimate of drug-likeness (QED) is 0.716. The lowest BCUT2D eigenvalue weighted by molar-refractivity contribution is -0.123. The lowest BCUT2D eigenvalue weighted by Crippen LogP contribution is -2.38. The molecule has 1 aliphatic carbocycles. The van der Waals surface area contributed by atoms with Crippen LogP contribution in [0.3, 0.4) is 0 Å². The van der Waals surface area contributed by atoms with Crippen LogP contribution in [-0.4, -0.2) is 17.3 Å². The lowest BCUT2D eigenvalue weighted by Gasteiger charge is -2.14. The zero-order valence-electron chi connectivity index (χ0n) is 8.97. The van der Waals surface area contributed by atoms with E-state index in [0.29, 0.717) is 5.92 Å². The van der Waals surface area contributed by atoms with Gasteiger partial charge in [0.05, 0.1) is 0 Å². The van der Waals surface area contributed by atoms with Gasteiger partial charge in [0.2, 0.25) is 0 Å². The van der Waals surface area contributed by atoms with Crippen LogP contribution in [0, 0.1) is 5.92 Å². The van der Waals surface area contributed by atoms with E-state index in [2.05, 4.69) is 24.2 Å². The van der Waals surface area contributed by atoms with Gasteiger partial charge in [-0.15, -0.1) is 0 Å². The molecule has 0 radical (unpaired) electrons. The number of nitrogens with zero attached hydrogens (tertiary/aromatic N) is 1. The van der Waals surface area contributed by atoms with Gasteiger partial charge >= 0.3 is 0 Å². The Bertz CT molecular complexity index is 277. The van der Waals surface area contributed by atoms with Crippen LogP contribution in [0.2, 0.25) is 0 Å². The Morgan fingerprint density at radius 1 is 1.50 bits per heavy atom. The van der Waals surface area contributed by atoms with Crippen molar-refractivity contribution in [3.05, 3.63) is 0 Å². The second-order valence-corrected chi connectivity index (χ2v) is 4.50. The zero-order valence-corrected chi connectivity index (χ0v) is 8.97. The summed E-state index contributed by atoms with van der Waals surface area (Å²) in [4.78, 5) is 16.4. The van der Waals surface area contributed by atoms with Gasteiger partial charge in [0.15, 0.2) is 0 Å². The van der Waals surface area contributed by atoms with Crippen LogP contribution >= 0.6 is 0 Å². The highest BCUT2D eigenvalue weighted by Crippen LogP contribution is 2.36. The van der Waals surface area contributed by atoms with Gasteiger partial charge in [0.1, 0.15) is 11.4 Å². The van der Waals surface area contributed by atoms with Crippen LogP contribution in [0.25, 0.3) is 0 Å². The standard InChI is InChI=1S/C11H18N2O/c1-3-8(2)9-12-10(14)11(13-9)6-4-5-7-11/h8H,3-7H2,1-2H3,(H,12,13,14). The third-order valence-electron chi connectivity index (χ3n) is 3.51. The maximum absolute atomic E-state index is 11.8. The maximum atomic E-state index is 11.8. The van der Waals surface area contributed by atoms with E-state index in [9.17, 15) is 4.79 Å². The second-order valence-electron chi connectivity index (χ2n) is 4.50. The summed E-state index contributed by atoms with van der Waals surface area (Å²) < 4.78 is 0. The summed E-state index contributed by atoms with van der Waals surface area (Å²) in [5, 5.41) is 2.95. The highest BCUT2D eigenvalue weighted by atomic mass is 16.2. The van der Waals surface area contributed by atoms with E-state index in [-0.39, 0.29) is 11.4 Å². The summed E-state index contributed by atoms with van der Waals surface area (Å²) in [5.41, 5.74) is -0.362. The largest absolute Gasteiger partial charge is 0.312 e. The predicted molar refractivity (Wildman–Crippen MR) is 56.2 cm³/mol. The maximum Gasteiger partial charge on any atom is 0.253 e. The van der Waals surface area contributed by atoms with E-state index in [1.54, 1.807) is 0 Å². The van der Waals surface area contributed by atoms with Gasteiger partial charge in [-0.05, 0) is 19.3 Å². The molecule has 3 nitrogen and oxygen atoms in total. The molecule has 1 atom stereocenters. The first-order valence-electron chi connectivity index (χ1n) is 5.59. The van der Waals surface area contributed by atoms with E-state index in [1.807, 2.05) is 0 Å². The molecule has 1 saturated carbocycles. The fraction of sp³-hybridized carbons (Fsp3) is 0.818. The van der Waals surface area contributed by atoms with Crippen molar-refractivity contribution in [2.45, 2.75) is 51.5 Å². The number of carbonyl (C=O) groups is 1. The molecule has 1 N–H and O–H groups in total. The van der Waals surface area contributed by atoms with Gasteiger partial charge in [-0.1, -0.05) is 26.7 Å². The van der Waals surface area contributed by atoms with Crippen LogP contribution in [0.4, 0.5) is 0 Å². The van der Waals surface area contributed by atoms with Crippen LogP contribution in [0.15, 0.2) is 4.99 Å². The van der Waals surface area contributed by atoms with Gasteiger partial charge in [-0.2, -0.15) is 0 Å². The highest BCUT2D eigenvalue weighted by Gasteiger charge is 2.45. The van der Waals surface area contributed by atoms with E-state index >= 15 is 0 Å². The molecule has 0 saturated heterocycles. The van der Waals surface area contributed by atoms with Crippen LogP contribution < -0.4 is 5.32 Å². The van der Waals surface area contributed by atoms with Crippen molar-refractivity contribution in [1.82, 2.24) is 5.32 Å². The average molecular weight is 194 g/mol. The molecule has 2 rings (SSSR count). The van der Waals surface area contributed by atoms with E-state index < -0.39 is 0 Å². The molecule has 0 aromatic carbocycles. The fourth-order valence-electron chi connectivity index (χ4n) is 2.27. The van der Waals surface area contributed by atoms with Gasteiger partial charge in [0, 0.05) is 5.92 Å². The van der Waals surface area contributed by atoms with Gasteiger partial charge in [0.25, 0.3) is 5.91 Å². The number of hydrogen-bond donors (Lipinski definition) is 1. The molecule has 1 fully saturated rings. The SMILES string of the molecule is CCC(C)C1=NC2(CCCC2)C(=O)N1. The second kappa shape index (κ2) is 3.37. The molecular weight excluding hydrogens is 176 g/mol. The Morgan fingerprint density at radius 3 is 2.71 bits per heavy atom. The van der Waals surface area contributed by atoms with E-state index in [0.717, 1.165) is 37.9 Å². The summed E-state index contributed by atoms with van der Waals surface area (Å²) in [6, 6.07) is 0. The molecule has 1 heterocycles. The van der Waals surface area contributed by atoms with E-state index in [4.69, 9.17) is 0 Å². The van der Waals surface area contributed by atoms with Gasteiger partial charge in [-0.25, -0.2) is 0 Å². The summed E-state index contributed by atoms with van der Waals surface area (Å²) in [5.74, 6) is 1.45. The molecule has 1 unspecified atom stereocenters. The average Bonchev–Trinajstić information content (AvgIpc) is 2.76. The lowest BCUT2D eigenvalue weighted by atomic mass is 9.99. The molecule has 1 amide bonds. The number of amides is 1.